The van der Waals surface area contributed by atoms with Crippen molar-refractivity contribution in [1.82, 2.24) is 9.78 Å². The van der Waals surface area contributed by atoms with Crippen LogP contribution < -0.4 is 9.80 Å². The molecule has 1 fully saturated rings. The molecule has 1 aromatic heterocycles. The molecule has 27 heavy (non-hydrogen) atoms. The summed E-state index contributed by atoms with van der Waals surface area (Å²) >= 11 is 6.68. The SMILES string of the molecule is Cc1nn(-c2ccccc2)c(Cl)c1C[NH+]1CCN(c2ccc(O)cc2)CC1. The second-order valence-electron chi connectivity index (χ2n) is 7.03. The number of hydrogen-bond acceptors (Lipinski definition) is 3. The Labute approximate surface area is 164 Å². The number of benzene rings is 2. The van der Waals surface area contributed by atoms with E-state index in [-0.39, 0.29) is 0 Å². The summed E-state index contributed by atoms with van der Waals surface area (Å²) < 4.78 is 1.83. The summed E-state index contributed by atoms with van der Waals surface area (Å²) in [4.78, 5) is 3.88. The number of halogens is 1. The Bertz CT molecular complexity index is 900. The van der Waals surface area contributed by atoms with E-state index in [0.29, 0.717) is 10.9 Å². The number of anilines is 1. The average molecular weight is 384 g/mol. The van der Waals surface area contributed by atoms with E-state index in [1.807, 2.05) is 54.1 Å². The van der Waals surface area contributed by atoms with Crippen LogP contribution in [0, 0.1) is 6.92 Å². The van der Waals surface area contributed by atoms with Crippen LogP contribution in [-0.4, -0.2) is 41.1 Å². The Morgan fingerprint density at radius 3 is 2.33 bits per heavy atom. The van der Waals surface area contributed by atoms with E-state index in [0.717, 1.165) is 55.4 Å². The van der Waals surface area contributed by atoms with Crippen LogP contribution in [-0.2, 0) is 6.54 Å². The third kappa shape index (κ3) is 3.80. The number of piperazine rings is 1. The van der Waals surface area contributed by atoms with Crippen LogP contribution in [0.4, 0.5) is 5.69 Å². The zero-order valence-electron chi connectivity index (χ0n) is 15.4. The fourth-order valence-electron chi connectivity index (χ4n) is 3.64. The first-order valence-electron chi connectivity index (χ1n) is 9.29. The van der Waals surface area contributed by atoms with E-state index in [1.165, 1.54) is 4.90 Å². The lowest BCUT2D eigenvalue weighted by atomic mass is 10.2. The monoisotopic (exact) mass is 383 g/mol. The van der Waals surface area contributed by atoms with Crippen molar-refractivity contribution in [2.24, 2.45) is 0 Å². The van der Waals surface area contributed by atoms with Crippen molar-refractivity contribution in [3.05, 3.63) is 71.0 Å². The highest BCUT2D eigenvalue weighted by Crippen LogP contribution is 2.23. The molecule has 1 aliphatic rings. The maximum absolute atomic E-state index is 9.45. The third-order valence-electron chi connectivity index (χ3n) is 5.23. The van der Waals surface area contributed by atoms with Crippen LogP contribution in [0.15, 0.2) is 54.6 Å². The first-order valence-corrected chi connectivity index (χ1v) is 9.66. The van der Waals surface area contributed by atoms with Crippen molar-refractivity contribution in [2.75, 3.05) is 31.1 Å². The van der Waals surface area contributed by atoms with Gasteiger partial charge < -0.3 is 14.9 Å². The maximum atomic E-state index is 9.45. The van der Waals surface area contributed by atoms with Crippen molar-refractivity contribution >= 4 is 17.3 Å². The zero-order chi connectivity index (χ0) is 18.8. The minimum atomic E-state index is 0.309. The molecular weight excluding hydrogens is 360 g/mol. The molecule has 0 bridgehead atoms. The van der Waals surface area contributed by atoms with Gasteiger partial charge in [0.05, 0.1) is 43.1 Å². The Morgan fingerprint density at radius 2 is 1.67 bits per heavy atom. The Kier molecular flexibility index (Phi) is 5.05. The standard InChI is InChI=1S/C21H23ClN4O/c1-16-20(21(22)26(23-16)18-5-3-2-4-6-18)15-24-11-13-25(14-12-24)17-7-9-19(27)10-8-17/h2-10,27H,11-15H2,1H3/p+1. The molecule has 2 heterocycles. The van der Waals surface area contributed by atoms with Gasteiger partial charge in [-0.3, -0.25) is 0 Å². The van der Waals surface area contributed by atoms with Crippen LogP contribution in [0.2, 0.25) is 5.15 Å². The number of nitrogens with one attached hydrogen (secondary N) is 1. The predicted molar refractivity (Wildman–Crippen MR) is 108 cm³/mol. The molecule has 5 nitrogen and oxygen atoms in total. The molecule has 0 amide bonds. The first-order chi connectivity index (χ1) is 13.1. The molecule has 2 N–H and O–H groups in total. The summed E-state index contributed by atoms with van der Waals surface area (Å²) in [5, 5.41) is 14.8. The van der Waals surface area contributed by atoms with E-state index in [9.17, 15) is 5.11 Å². The predicted octanol–water partition coefficient (Wildman–Crippen LogP) is 2.44. The number of rotatable bonds is 4. The molecule has 0 aliphatic carbocycles. The van der Waals surface area contributed by atoms with Crippen molar-refractivity contribution in [2.45, 2.75) is 13.5 Å². The number of nitrogens with zero attached hydrogens (tertiary/aromatic N) is 3. The second-order valence-corrected chi connectivity index (χ2v) is 7.39. The largest absolute Gasteiger partial charge is 0.508 e. The molecule has 0 unspecified atom stereocenters. The van der Waals surface area contributed by atoms with Gasteiger partial charge in [0.15, 0.2) is 0 Å². The maximum Gasteiger partial charge on any atom is 0.142 e. The van der Waals surface area contributed by atoms with Crippen molar-refractivity contribution < 1.29 is 10.0 Å². The van der Waals surface area contributed by atoms with Crippen molar-refractivity contribution in [3.63, 3.8) is 0 Å². The minimum Gasteiger partial charge on any atom is -0.508 e. The van der Waals surface area contributed by atoms with Crippen LogP contribution >= 0.6 is 11.6 Å². The molecule has 6 heteroatoms. The summed E-state index contributed by atoms with van der Waals surface area (Å²) in [5.74, 6) is 0.309. The summed E-state index contributed by atoms with van der Waals surface area (Å²) in [6.07, 6.45) is 0. The molecule has 1 saturated heterocycles. The third-order valence-corrected chi connectivity index (χ3v) is 5.62. The molecule has 0 spiro atoms. The molecule has 2 aromatic carbocycles. The quantitative estimate of drug-likeness (QED) is 0.727. The summed E-state index contributed by atoms with van der Waals surface area (Å²) in [5.41, 5.74) is 4.29. The van der Waals surface area contributed by atoms with Gasteiger partial charge in [0.25, 0.3) is 0 Å². The van der Waals surface area contributed by atoms with Crippen LogP contribution in [0.3, 0.4) is 0 Å². The number of aromatic nitrogens is 2. The number of quaternary nitrogens is 1. The molecule has 3 aromatic rings. The van der Waals surface area contributed by atoms with Crippen molar-refractivity contribution in [3.8, 4) is 11.4 Å². The lowest BCUT2D eigenvalue weighted by Crippen LogP contribution is -3.13. The van der Waals surface area contributed by atoms with E-state index < -0.39 is 0 Å². The lowest BCUT2D eigenvalue weighted by Gasteiger charge is -2.33. The lowest BCUT2D eigenvalue weighted by molar-refractivity contribution is -0.914. The number of phenols is 1. The Balaban J connectivity index is 1.43. The summed E-state index contributed by atoms with van der Waals surface area (Å²) in [6.45, 7) is 7.00. The van der Waals surface area contributed by atoms with E-state index >= 15 is 0 Å². The number of phenolic OH excluding ortho intramolecular Hbond substituents is 1. The highest BCUT2D eigenvalue weighted by molar-refractivity contribution is 6.30. The topological polar surface area (TPSA) is 45.7 Å². The number of aryl methyl sites for hydroxylation is 1. The van der Waals surface area contributed by atoms with E-state index in [2.05, 4.69) is 10.00 Å². The normalized spacial score (nSPS) is 15.3. The molecule has 1 aliphatic heterocycles. The average Bonchev–Trinajstić information content (AvgIpc) is 2.98. The van der Waals surface area contributed by atoms with Crippen LogP contribution in [0.25, 0.3) is 5.69 Å². The number of aromatic hydroxyl groups is 1. The molecular formula is C21H24ClN4O+. The summed E-state index contributed by atoms with van der Waals surface area (Å²) in [7, 11) is 0. The summed E-state index contributed by atoms with van der Waals surface area (Å²) in [6, 6.07) is 17.5. The van der Waals surface area contributed by atoms with Gasteiger partial charge in [-0.1, -0.05) is 29.8 Å². The van der Waals surface area contributed by atoms with Crippen LogP contribution in [0.5, 0.6) is 5.75 Å². The van der Waals surface area contributed by atoms with Gasteiger partial charge in [-0.2, -0.15) is 5.10 Å². The smallest absolute Gasteiger partial charge is 0.142 e. The number of hydrogen-bond donors (Lipinski definition) is 2. The van der Waals surface area contributed by atoms with Gasteiger partial charge >= 0.3 is 0 Å². The van der Waals surface area contributed by atoms with E-state index in [1.54, 1.807) is 12.1 Å². The molecule has 0 radical (unpaired) electrons. The molecule has 4 rings (SSSR count). The highest BCUT2D eigenvalue weighted by Gasteiger charge is 2.24. The van der Waals surface area contributed by atoms with E-state index in [4.69, 9.17) is 11.6 Å². The fraction of sp³-hybridized carbons (Fsp3) is 0.286. The molecule has 0 saturated carbocycles. The number of para-hydroxylation sites is 1. The Morgan fingerprint density at radius 1 is 1.00 bits per heavy atom. The van der Waals surface area contributed by atoms with Gasteiger partial charge in [-0.15, -0.1) is 0 Å². The minimum absolute atomic E-state index is 0.309. The Hall–Kier alpha value is -2.50. The van der Waals surface area contributed by atoms with Gasteiger partial charge in [0.2, 0.25) is 0 Å². The fourth-order valence-corrected chi connectivity index (χ4v) is 3.98. The zero-order valence-corrected chi connectivity index (χ0v) is 16.2. The van der Waals surface area contributed by atoms with Gasteiger partial charge in [0, 0.05) is 5.69 Å². The molecule has 140 valence electrons. The van der Waals surface area contributed by atoms with Crippen molar-refractivity contribution in [1.29, 1.82) is 0 Å². The van der Waals surface area contributed by atoms with Gasteiger partial charge in [-0.25, -0.2) is 4.68 Å². The highest BCUT2D eigenvalue weighted by atomic mass is 35.5. The van der Waals surface area contributed by atoms with Gasteiger partial charge in [-0.05, 0) is 43.3 Å². The first kappa shape index (κ1) is 17.9. The van der Waals surface area contributed by atoms with Crippen LogP contribution in [0.1, 0.15) is 11.3 Å². The second kappa shape index (κ2) is 7.62. The molecule has 0 atom stereocenters. The van der Waals surface area contributed by atoms with Gasteiger partial charge in [0.1, 0.15) is 17.4 Å².